The van der Waals surface area contributed by atoms with E-state index in [9.17, 15) is 24.0 Å². The largest absolute Gasteiger partial charge is 0.493 e. The molecule has 1 atom stereocenters. The lowest BCUT2D eigenvalue weighted by atomic mass is 10.0. The summed E-state index contributed by atoms with van der Waals surface area (Å²) in [6.07, 6.45) is 1.79. The summed E-state index contributed by atoms with van der Waals surface area (Å²) in [5, 5.41) is 4.70. The van der Waals surface area contributed by atoms with Crippen molar-refractivity contribution in [1.29, 1.82) is 0 Å². The Kier molecular flexibility index (Phi) is 5.72. The molecule has 2 aliphatic heterocycles. The Hall–Kier alpha value is -3.23. The van der Waals surface area contributed by atoms with Gasteiger partial charge in [-0.15, -0.1) is 0 Å². The van der Waals surface area contributed by atoms with Crippen LogP contribution >= 0.6 is 0 Å². The highest BCUT2D eigenvalue weighted by molar-refractivity contribution is 6.24. The van der Waals surface area contributed by atoms with Crippen LogP contribution < -0.4 is 15.4 Å². The molecule has 0 aliphatic carbocycles. The minimum absolute atomic E-state index is 0.0544. The van der Waals surface area contributed by atoms with Crippen molar-refractivity contribution < 1.29 is 28.7 Å². The second-order valence-electron chi connectivity index (χ2n) is 6.60. The van der Waals surface area contributed by atoms with Crippen LogP contribution in [0.2, 0.25) is 0 Å². The number of hydrogen-bond acceptors (Lipinski definition) is 6. The summed E-state index contributed by atoms with van der Waals surface area (Å²) in [7, 11) is 1.57. The van der Waals surface area contributed by atoms with Crippen molar-refractivity contribution in [2.24, 2.45) is 0 Å². The van der Waals surface area contributed by atoms with Gasteiger partial charge in [0.05, 0.1) is 17.7 Å². The van der Waals surface area contributed by atoms with Crippen molar-refractivity contribution in [2.45, 2.75) is 38.1 Å². The summed E-state index contributed by atoms with van der Waals surface area (Å²) in [4.78, 5) is 61.2. The van der Waals surface area contributed by atoms with E-state index in [1.165, 1.54) is 6.07 Å². The number of carbonyl (C=O) groups excluding carboxylic acids is 5. The van der Waals surface area contributed by atoms with Crippen LogP contribution in [0.25, 0.3) is 0 Å². The van der Waals surface area contributed by atoms with Gasteiger partial charge in [-0.3, -0.25) is 34.2 Å². The maximum atomic E-state index is 12.9. The number of nitrogens with one attached hydrogen (secondary N) is 2. The van der Waals surface area contributed by atoms with E-state index in [2.05, 4.69) is 10.6 Å². The summed E-state index contributed by atoms with van der Waals surface area (Å²) in [5.74, 6) is -2.03. The van der Waals surface area contributed by atoms with Gasteiger partial charge in [-0.1, -0.05) is 6.07 Å². The average Bonchev–Trinajstić information content (AvgIpc) is 2.93. The van der Waals surface area contributed by atoms with Crippen LogP contribution in [0.5, 0.6) is 5.75 Å². The molecule has 2 heterocycles. The van der Waals surface area contributed by atoms with E-state index >= 15 is 0 Å². The molecule has 0 bridgehead atoms. The first-order valence-corrected chi connectivity index (χ1v) is 9.12. The predicted molar refractivity (Wildman–Crippen MR) is 96.5 cm³/mol. The highest BCUT2D eigenvalue weighted by Crippen LogP contribution is 2.33. The zero-order chi connectivity index (χ0) is 20.3. The van der Waals surface area contributed by atoms with E-state index in [1.54, 1.807) is 19.2 Å². The second-order valence-corrected chi connectivity index (χ2v) is 6.60. The maximum Gasteiger partial charge on any atom is 0.266 e. The summed E-state index contributed by atoms with van der Waals surface area (Å²) in [6.45, 7) is 0.285. The molecule has 9 nitrogen and oxygen atoms in total. The van der Waals surface area contributed by atoms with E-state index in [4.69, 9.17) is 4.74 Å². The fourth-order valence-corrected chi connectivity index (χ4v) is 3.30. The van der Waals surface area contributed by atoms with Gasteiger partial charge in [-0.2, -0.15) is 0 Å². The fraction of sp³-hybridized carbons (Fsp3) is 0.421. The molecular formula is C19H21N3O6. The summed E-state index contributed by atoms with van der Waals surface area (Å²) in [5.41, 5.74) is 0.307. The van der Waals surface area contributed by atoms with E-state index in [-0.39, 0.29) is 42.2 Å². The second kappa shape index (κ2) is 8.20. The van der Waals surface area contributed by atoms with E-state index in [0.29, 0.717) is 19.3 Å². The van der Waals surface area contributed by atoms with Crippen molar-refractivity contribution in [1.82, 2.24) is 15.5 Å². The predicted octanol–water partition coefficient (Wildman–Crippen LogP) is 0.383. The van der Waals surface area contributed by atoms with Gasteiger partial charge in [0.15, 0.2) is 0 Å². The first-order chi connectivity index (χ1) is 13.4. The van der Waals surface area contributed by atoms with Gasteiger partial charge in [-0.25, -0.2) is 0 Å². The Morgan fingerprint density at radius 2 is 2.00 bits per heavy atom. The first kappa shape index (κ1) is 19.5. The average molecular weight is 387 g/mol. The fourth-order valence-electron chi connectivity index (χ4n) is 3.30. The summed E-state index contributed by atoms with van der Waals surface area (Å²) >= 11 is 0. The van der Waals surface area contributed by atoms with Gasteiger partial charge in [0, 0.05) is 19.9 Å². The number of fused-ring (bicyclic) bond motifs is 1. The third-order valence-electron chi connectivity index (χ3n) is 4.76. The molecule has 1 saturated heterocycles. The molecule has 0 aromatic heterocycles. The van der Waals surface area contributed by atoms with Crippen LogP contribution in [0, 0.1) is 0 Å². The molecular weight excluding hydrogens is 366 g/mol. The minimum atomic E-state index is -1.01. The highest BCUT2D eigenvalue weighted by atomic mass is 16.5. The molecule has 0 spiro atoms. The number of ether oxygens (including phenoxy) is 1. The number of nitrogens with zero attached hydrogens (tertiary/aromatic N) is 1. The molecule has 148 valence electrons. The Morgan fingerprint density at radius 3 is 2.71 bits per heavy atom. The molecule has 2 aliphatic rings. The Balaban J connectivity index is 1.70. The smallest absolute Gasteiger partial charge is 0.266 e. The molecule has 2 N–H and O–H groups in total. The first-order valence-electron chi connectivity index (χ1n) is 9.12. The molecule has 3 rings (SSSR count). The van der Waals surface area contributed by atoms with Gasteiger partial charge in [0.25, 0.3) is 11.8 Å². The summed E-state index contributed by atoms with van der Waals surface area (Å²) in [6, 6.07) is 3.71. The molecule has 1 aromatic carbocycles. The van der Waals surface area contributed by atoms with E-state index in [1.807, 2.05) is 0 Å². The SMILES string of the molecule is CNC(=O)CCCCOc1cccc2c1C(=O)N(C1CCC(=O)NC1=O)C2=O. The van der Waals surface area contributed by atoms with Gasteiger partial charge >= 0.3 is 0 Å². The molecule has 1 aromatic rings. The summed E-state index contributed by atoms with van der Waals surface area (Å²) < 4.78 is 5.68. The number of carbonyl (C=O) groups is 5. The van der Waals surface area contributed by atoms with Crippen LogP contribution in [-0.2, 0) is 14.4 Å². The zero-order valence-corrected chi connectivity index (χ0v) is 15.4. The van der Waals surface area contributed by atoms with Crippen LogP contribution in [0.4, 0.5) is 0 Å². The third kappa shape index (κ3) is 3.73. The molecule has 0 saturated carbocycles. The van der Waals surface area contributed by atoms with Crippen molar-refractivity contribution in [3.8, 4) is 5.75 Å². The Labute approximate surface area is 161 Å². The van der Waals surface area contributed by atoms with Crippen LogP contribution in [0.1, 0.15) is 52.8 Å². The van der Waals surface area contributed by atoms with Crippen molar-refractivity contribution >= 4 is 29.5 Å². The molecule has 5 amide bonds. The number of rotatable bonds is 7. The van der Waals surface area contributed by atoms with E-state index in [0.717, 1.165) is 4.90 Å². The number of hydrogen-bond donors (Lipinski definition) is 2. The lowest BCUT2D eigenvalue weighted by Gasteiger charge is -2.27. The molecule has 0 radical (unpaired) electrons. The standard InChI is InChI=1S/C19H21N3O6/c1-20-14(23)7-2-3-10-28-13-6-4-5-11-16(13)19(27)22(18(11)26)12-8-9-15(24)21-17(12)25/h4-6,12H,2-3,7-10H2,1H3,(H,20,23)(H,21,24,25). The third-order valence-corrected chi connectivity index (χ3v) is 4.76. The topological polar surface area (TPSA) is 122 Å². The number of piperidine rings is 1. The van der Waals surface area contributed by atoms with Crippen LogP contribution in [0.15, 0.2) is 18.2 Å². The number of unbranched alkanes of at least 4 members (excludes halogenated alkanes) is 1. The molecule has 9 heteroatoms. The monoisotopic (exact) mass is 387 g/mol. The number of imide groups is 2. The molecule has 1 fully saturated rings. The lowest BCUT2D eigenvalue weighted by molar-refractivity contribution is -0.136. The van der Waals surface area contributed by atoms with Crippen molar-refractivity contribution in [2.75, 3.05) is 13.7 Å². The normalized spacial score (nSPS) is 18.8. The van der Waals surface area contributed by atoms with Gasteiger partial charge in [0.2, 0.25) is 17.7 Å². The Morgan fingerprint density at radius 1 is 1.21 bits per heavy atom. The minimum Gasteiger partial charge on any atom is -0.493 e. The highest BCUT2D eigenvalue weighted by Gasteiger charge is 2.45. The molecule has 1 unspecified atom stereocenters. The van der Waals surface area contributed by atoms with Crippen molar-refractivity contribution in [3.63, 3.8) is 0 Å². The number of amides is 5. The van der Waals surface area contributed by atoms with Crippen molar-refractivity contribution in [3.05, 3.63) is 29.3 Å². The van der Waals surface area contributed by atoms with E-state index < -0.39 is 29.7 Å². The lowest BCUT2D eigenvalue weighted by Crippen LogP contribution is -2.54. The van der Waals surface area contributed by atoms with Gasteiger partial charge < -0.3 is 10.1 Å². The van der Waals surface area contributed by atoms with Gasteiger partial charge in [-0.05, 0) is 31.4 Å². The Bertz CT molecular complexity index is 850. The molecule has 28 heavy (non-hydrogen) atoms. The van der Waals surface area contributed by atoms with Crippen LogP contribution in [-0.4, -0.2) is 54.1 Å². The maximum absolute atomic E-state index is 12.9. The quantitative estimate of drug-likeness (QED) is 0.515. The number of benzene rings is 1. The zero-order valence-electron chi connectivity index (χ0n) is 15.4. The van der Waals surface area contributed by atoms with Crippen LogP contribution in [0.3, 0.4) is 0 Å². The van der Waals surface area contributed by atoms with Gasteiger partial charge in [0.1, 0.15) is 11.8 Å².